The standard InChI is InChI=1S/C10H16O4/c1-3-5-6-7-8(9(11)12)10(13)14-4-2/h3,8H,1,4-7H2,2H3,(H,11,12). The van der Waals surface area contributed by atoms with E-state index in [2.05, 4.69) is 11.3 Å². The Labute approximate surface area is 83.6 Å². The molecule has 0 aliphatic rings. The number of carboxylic acid groups (broad SMARTS) is 1. The second-order valence-corrected chi connectivity index (χ2v) is 2.86. The number of carbonyl (C=O) groups excluding carboxylic acids is 1. The number of ether oxygens (including phenoxy) is 1. The minimum absolute atomic E-state index is 0.212. The minimum atomic E-state index is -1.12. The summed E-state index contributed by atoms with van der Waals surface area (Å²) >= 11 is 0. The van der Waals surface area contributed by atoms with Crippen molar-refractivity contribution in [2.45, 2.75) is 26.2 Å². The first-order valence-electron chi connectivity index (χ1n) is 4.63. The first-order valence-corrected chi connectivity index (χ1v) is 4.63. The third-order valence-corrected chi connectivity index (χ3v) is 1.77. The second-order valence-electron chi connectivity index (χ2n) is 2.86. The maximum atomic E-state index is 11.2. The van der Waals surface area contributed by atoms with Crippen molar-refractivity contribution in [3.63, 3.8) is 0 Å². The van der Waals surface area contributed by atoms with Gasteiger partial charge in [-0.1, -0.05) is 6.08 Å². The molecule has 0 aliphatic carbocycles. The molecule has 14 heavy (non-hydrogen) atoms. The fourth-order valence-corrected chi connectivity index (χ4v) is 1.05. The van der Waals surface area contributed by atoms with Crippen molar-refractivity contribution in [1.29, 1.82) is 0 Å². The Hall–Kier alpha value is -1.32. The summed E-state index contributed by atoms with van der Waals surface area (Å²) in [5, 5.41) is 8.74. The van der Waals surface area contributed by atoms with Gasteiger partial charge in [0.1, 0.15) is 0 Å². The fourth-order valence-electron chi connectivity index (χ4n) is 1.05. The van der Waals surface area contributed by atoms with Gasteiger partial charge < -0.3 is 9.84 Å². The maximum absolute atomic E-state index is 11.2. The SMILES string of the molecule is C=CCCCC(C(=O)O)C(=O)OCC. The Kier molecular flexibility index (Phi) is 6.45. The maximum Gasteiger partial charge on any atom is 0.320 e. The molecule has 4 nitrogen and oxygen atoms in total. The topological polar surface area (TPSA) is 63.6 Å². The van der Waals surface area contributed by atoms with Crippen molar-refractivity contribution in [2.24, 2.45) is 5.92 Å². The molecule has 1 atom stereocenters. The Morgan fingerprint density at radius 3 is 2.64 bits per heavy atom. The molecule has 0 radical (unpaired) electrons. The molecule has 0 amide bonds. The predicted octanol–water partition coefficient (Wildman–Crippen LogP) is 1.61. The third kappa shape index (κ3) is 4.64. The highest BCUT2D eigenvalue weighted by atomic mass is 16.5. The van der Waals surface area contributed by atoms with Crippen molar-refractivity contribution in [3.8, 4) is 0 Å². The lowest BCUT2D eigenvalue weighted by Gasteiger charge is -2.09. The van der Waals surface area contributed by atoms with Gasteiger partial charge in [-0.25, -0.2) is 0 Å². The van der Waals surface area contributed by atoms with E-state index in [9.17, 15) is 9.59 Å². The lowest BCUT2D eigenvalue weighted by Crippen LogP contribution is -2.25. The number of rotatable bonds is 7. The molecular weight excluding hydrogens is 184 g/mol. The van der Waals surface area contributed by atoms with Crippen LogP contribution in [0.25, 0.3) is 0 Å². The first kappa shape index (κ1) is 12.7. The van der Waals surface area contributed by atoms with Crippen LogP contribution in [0.15, 0.2) is 12.7 Å². The van der Waals surface area contributed by atoms with Gasteiger partial charge in [0.15, 0.2) is 5.92 Å². The molecule has 4 heteroatoms. The molecule has 0 saturated carbocycles. The highest BCUT2D eigenvalue weighted by Gasteiger charge is 2.26. The van der Waals surface area contributed by atoms with Crippen molar-refractivity contribution >= 4 is 11.9 Å². The summed E-state index contributed by atoms with van der Waals surface area (Å²) in [6, 6.07) is 0. The molecule has 0 bridgehead atoms. The number of unbranched alkanes of at least 4 members (excludes halogenated alkanes) is 1. The zero-order valence-electron chi connectivity index (χ0n) is 8.36. The van der Waals surface area contributed by atoms with E-state index in [0.29, 0.717) is 19.3 Å². The third-order valence-electron chi connectivity index (χ3n) is 1.77. The Morgan fingerprint density at radius 2 is 2.21 bits per heavy atom. The van der Waals surface area contributed by atoms with E-state index in [4.69, 9.17) is 5.11 Å². The molecular formula is C10H16O4. The van der Waals surface area contributed by atoms with E-state index in [1.807, 2.05) is 0 Å². The van der Waals surface area contributed by atoms with Gasteiger partial charge in [-0.15, -0.1) is 6.58 Å². The van der Waals surface area contributed by atoms with E-state index < -0.39 is 17.9 Å². The van der Waals surface area contributed by atoms with Gasteiger partial charge in [0, 0.05) is 0 Å². The zero-order chi connectivity index (χ0) is 11.0. The minimum Gasteiger partial charge on any atom is -0.481 e. The number of carbonyl (C=O) groups is 2. The molecule has 0 spiro atoms. The average molecular weight is 200 g/mol. The van der Waals surface area contributed by atoms with Gasteiger partial charge in [0.2, 0.25) is 0 Å². The number of esters is 1. The summed E-state index contributed by atoms with van der Waals surface area (Å²) in [6.07, 6.45) is 3.35. The van der Waals surface area contributed by atoms with E-state index in [1.54, 1.807) is 13.0 Å². The van der Waals surface area contributed by atoms with Crippen LogP contribution in [0, 0.1) is 5.92 Å². The summed E-state index contributed by atoms with van der Waals surface area (Å²) in [5.41, 5.74) is 0. The number of allylic oxidation sites excluding steroid dienone is 1. The predicted molar refractivity (Wildman–Crippen MR) is 51.8 cm³/mol. The molecule has 80 valence electrons. The van der Waals surface area contributed by atoms with E-state index in [0.717, 1.165) is 0 Å². The summed E-state index contributed by atoms with van der Waals surface area (Å²) in [7, 11) is 0. The molecule has 0 aromatic carbocycles. The molecule has 0 aromatic rings. The largest absolute Gasteiger partial charge is 0.481 e. The van der Waals surface area contributed by atoms with Crippen molar-refractivity contribution in [3.05, 3.63) is 12.7 Å². The quantitative estimate of drug-likeness (QED) is 0.293. The van der Waals surface area contributed by atoms with Crippen LogP contribution in [0.1, 0.15) is 26.2 Å². The van der Waals surface area contributed by atoms with Gasteiger partial charge in [0.25, 0.3) is 0 Å². The van der Waals surface area contributed by atoms with Crippen molar-refractivity contribution in [2.75, 3.05) is 6.61 Å². The molecule has 0 rings (SSSR count). The second kappa shape index (κ2) is 7.12. The highest BCUT2D eigenvalue weighted by Crippen LogP contribution is 2.11. The molecule has 1 N–H and O–H groups in total. The van der Waals surface area contributed by atoms with Gasteiger partial charge in [-0.05, 0) is 26.2 Å². The molecule has 1 unspecified atom stereocenters. The van der Waals surface area contributed by atoms with E-state index in [-0.39, 0.29) is 6.61 Å². The zero-order valence-corrected chi connectivity index (χ0v) is 8.36. The van der Waals surface area contributed by atoms with Crippen LogP contribution in [0.4, 0.5) is 0 Å². The van der Waals surface area contributed by atoms with Crippen LogP contribution < -0.4 is 0 Å². The molecule has 0 saturated heterocycles. The summed E-state index contributed by atoms with van der Waals surface area (Å²) in [4.78, 5) is 21.8. The number of carboxylic acids is 1. The smallest absolute Gasteiger partial charge is 0.320 e. The Bertz CT molecular complexity index is 210. The average Bonchev–Trinajstić information content (AvgIpc) is 2.12. The molecule has 0 heterocycles. The Morgan fingerprint density at radius 1 is 1.57 bits per heavy atom. The lowest BCUT2D eigenvalue weighted by atomic mass is 10.0. The van der Waals surface area contributed by atoms with Crippen LogP contribution >= 0.6 is 0 Å². The number of aliphatic carboxylic acids is 1. The molecule has 0 aliphatic heterocycles. The normalized spacial score (nSPS) is 11.8. The van der Waals surface area contributed by atoms with Crippen LogP contribution in [0.2, 0.25) is 0 Å². The number of hydrogen-bond acceptors (Lipinski definition) is 3. The Balaban J connectivity index is 4.07. The highest BCUT2D eigenvalue weighted by molar-refractivity contribution is 5.93. The monoisotopic (exact) mass is 200 g/mol. The van der Waals surface area contributed by atoms with E-state index in [1.165, 1.54) is 0 Å². The van der Waals surface area contributed by atoms with Crippen LogP contribution in [-0.4, -0.2) is 23.7 Å². The molecule has 0 fully saturated rings. The summed E-state index contributed by atoms with van der Waals surface area (Å²) in [5.74, 6) is -2.80. The van der Waals surface area contributed by atoms with Crippen molar-refractivity contribution < 1.29 is 19.4 Å². The van der Waals surface area contributed by atoms with Crippen LogP contribution in [0.3, 0.4) is 0 Å². The van der Waals surface area contributed by atoms with Crippen LogP contribution in [0.5, 0.6) is 0 Å². The van der Waals surface area contributed by atoms with Gasteiger partial charge in [0.05, 0.1) is 6.61 Å². The van der Waals surface area contributed by atoms with Gasteiger partial charge in [-0.2, -0.15) is 0 Å². The van der Waals surface area contributed by atoms with Gasteiger partial charge >= 0.3 is 11.9 Å². The molecule has 0 aromatic heterocycles. The number of hydrogen-bond donors (Lipinski definition) is 1. The van der Waals surface area contributed by atoms with E-state index >= 15 is 0 Å². The summed E-state index contributed by atoms with van der Waals surface area (Å²) < 4.78 is 4.65. The lowest BCUT2D eigenvalue weighted by molar-refractivity contribution is -0.158. The van der Waals surface area contributed by atoms with Crippen LogP contribution in [-0.2, 0) is 14.3 Å². The van der Waals surface area contributed by atoms with Gasteiger partial charge in [-0.3, -0.25) is 9.59 Å². The first-order chi connectivity index (χ1) is 6.63. The van der Waals surface area contributed by atoms with Crippen molar-refractivity contribution in [1.82, 2.24) is 0 Å². The fraction of sp³-hybridized carbons (Fsp3) is 0.600. The summed E-state index contributed by atoms with van der Waals surface area (Å²) in [6.45, 7) is 5.39.